The number of halogens is 1. The second-order valence-corrected chi connectivity index (χ2v) is 6.95. The molecule has 3 aromatic carbocycles. The van der Waals surface area contributed by atoms with Crippen LogP contribution in [-0.2, 0) is 0 Å². The standard InChI is InChI=1S/C24H16ClNO3/c25-17-11-12-19-18(14-17)22(16-7-2-1-3-8-16)23(24(29)26-19)21(28)13-10-15-6-4-5-9-20(15)27/h1-14,27H,(H,26,29)/b13-10+. The fraction of sp³-hybridized carbons (Fsp3) is 0. The zero-order chi connectivity index (χ0) is 20.4. The molecule has 0 aliphatic rings. The van der Waals surface area contributed by atoms with Gasteiger partial charge in [0.2, 0.25) is 0 Å². The molecular formula is C24H16ClNO3. The Morgan fingerprint density at radius 2 is 1.69 bits per heavy atom. The van der Waals surface area contributed by atoms with Crippen molar-refractivity contribution in [1.29, 1.82) is 0 Å². The predicted molar refractivity (Wildman–Crippen MR) is 116 cm³/mol. The Balaban J connectivity index is 1.94. The summed E-state index contributed by atoms with van der Waals surface area (Å²) < 4.78 is 0. The Morgan fingerprint density at radius 1 is 0.966 bits per heavy atom. The summed E-state index contributed by atoms with van der Waals surface area (Å²) in [4.78, 5) is 28.7. The summed E-state index contributed by atoms with van der Waals surface area (Å²) in [6.07, 6.45) is 2.79. The van der Waals surface area contributed by atoms with Crippen molar-refractivity contribution >= 4 is 34.4 Å². The van der Waals surface area contributed by atoms with Gasteiger partial charge in [0.05, 0.1) is 5.56 Å². The number of pyridine rings is 1. The van der Waals surface area contributed by atoms with Gasteiger partial charge in [0.15, 0.2) is 5.78 Å². The van der Waals surface area contributed by atoms with Crippen LogP contribution in [-0.4, -0.2) is 15.9 Å². The van der Waals surface area contributed by atoms with E-state index in [-0.39, 0.29) is 11.3 Å². The minimum absolute atomic E-state index is 0.0256. The molecule has 0 fully saturated rings. The molecule has 0 saturated heterocycles. The Hall–Kier alpha value is -3.63. The van der Waals surface area contributed by atoms with Crippen molar-refractivity contribution in [3.63, 3.8) is 0 Å². The number of hydrogen-bond donors (Lipinski definition) is 2. The number of carbonyl (C=O) groups excluding carboxylic acids is 1. The number of aromatic hydroxyl groups is 1. The lowest BCUT2D eigenvalue weighted by Crippen LogP contribution is -2.18. The predicted octanol–water partition coefficient (Wildman–Crippen LogP) is 5.45. The van der Waals surface area contributed by atoms with E-state index in [1.165, 1.54) is 18.2 Å². The highest BCUT2D eigenvalue weighted by Crippen LogP contribution is 2.31. The van der Waals surface area contributed by atoms with Gasteiger partial charge in [0.1, 0.15) is 5.75 Å². The van der Waals surface area contributed by atoms with Crippen LogP contribution >= 0.6 is 11.6 Å². The smallest absolute Gasteiger partial charge is 0.260 e. The number of carbonyl (C=O) groups is 1. The fourth-order valence-electron chi connectivity index (χ4n) is 3.28. The van der Waals surface area contributed by atoms with Gasteiger partial charge in [0, 0.05) is 27.1 Å². The van der Waals surface area contributed by atoms with Gasteiger partial charge in [-0.25, -0.2) is 0 Å². The molecule has 4 aromatic rings. The number of phenolic OH excluding ortho intramolecular Hbond substituents is 1. The van der Waals surface area contributed by atoms with Gasteiger partial charge in [-0.15, -0.1) is 0 Å². The largest absolute Gasteiger partial charge is 0.507 e. The average Bonchev–Trinajstić information content (AvgIpc) is 2.73. The molecule has 4 rings (SSSR count). The van der Waals surface area contributed by atoms with Crippen molar-refractivity contribution in [3.05, 3.63) is 105 Å². The zero-order valence-corrected chi connectivity index (χ0v) is 16.0. The van der Waals surface area contributed by atoms with Crippen molar-refractivity contribution in [2.75, 3.05) is 0 Å². The number of fused-ring (bicyclic) bond motifs is 1. The summed E-state index contributed by atoms with van der Waals surface area (Å²) in [5.41, 5.74) is 1.90. The van der Waals surface area contributed by atoms with Crippen LogP contribution < -0.4 is 5.56 Å². The molecule has 0 saturated carbocycles. The summed E-state index contributed by atoms with van der Waals surface area (Å²) >= 11 is 6.19. The van der Waals surface area contributed by atoms with Crippen LogP contribution in [0.3, 0.4) is 0 Å². The van der Waals surface area contributed by atoms with Crippen molar-refractivity contribution in [1.82, 2.24) is 4.98 Å². The molecule has 29 heavy (non-hydrogen) atoms. The van der Waals surface area contributed by atoms with Crippen molar-refractivity contribution in [2.24, 2.45) is 0 Å². The summed E-state index contributed by atoms with van der Waals surface area (Å²) in [5.74, 6) is -0.408. The Kier molecular flexibility index (Phi) is 5.02. The molecule has 142 valence electrons. The molecule has 0 amide bonds. The Labute approximate surface area is 171 Å². The van der Waals surface area contributed by atoms with Crippen molar-refractivity contribution < 1.29 is 9.90 Å². The third-order valence-electron chi connectivity index (χ3n) is 4.64. The number of aromatic nitrogens is 1. The number of phenols is 1. The van der Waals surface area contributed by atoms with Gasteiger partial charge in [-0.1, -0.05) is 60.1 Å². The van der Waals surface area contributed by atoms with Gasteiger partial charge < -0.3 is 10.1 Å². The minimum atomic E-state index is -0.481. The van der Waals surface area contributed by atoms with E-state index in [2.05, 4.69) is 4.98 Å². The van der Waals surface area contributed by atoms with Crippen LogP contribution in [0.15, 0.2) is 83.7 Å². The highest BCUT2D eigenvalue weighted by Gasteiger charge is 2.19. The van der Waals surface area contributed by atoms with Gasteiger partial charge in [-0.05, 0) is 42.0 Å². The summed E-state index contributed by atoms with van der Waals surface area (Å²) in [6.45, 7) is 0. The number of aromatic amines is 1. The molecule has 2 N–H and O–H groups in total. The third-order valence-corrected chi connectivity index (χ3v) is 4.87. The maximum atomic E-state index is 13.1. The summed E-state index contributed by atoms with van der Waals surface area (Å²) in [5, 5.41) is 11.1. The second-order valence-electron chi connectivity index (χ2n) is 6.52. The van der Waals surface area contributed by atoms with E-state index in [1.54, 1.807) is 36.4 Å². The molecule has 1 heterocycles. The molecular weight excluding hydrogens is 386 g/mol. The number of rotatable bonds is 4. The van der Waals surface area contributed by atoms with Gasteiger partial charge >= 0.3 is 0 Å². The van der Waals surface area contributed by atoms with Crippen LogP contribution in [0, 0.1) is 0 Å². The number of H-pyrrole nitrogens is 1. The number of hydrogen-bond acceptors (Lipinski definition) is 3. The highest BCUT2D eigenvalue weighted by atomic mass is 35.5. The molecule has 0 aliphatic carbocycles. The lowest BCUT2D eigenvalue weighted by molar-refractivity contribution is 0.104. The number of nitrogens with one attached hydrogen (secondary N) is 1. The number of allylic oxidation sites excluding steroid dienone is 1. The van der Waals surface area contributed by atoms with E-state index in [0.717, 1.165) is 5.56 Å². The second kappa shape index (κ2) is 7.78. The summed E-state index contributed by atoms with van der Waals surface area (Å²) in [7, 11) is 0. The van der Waals surface area contributed by atoms with Gasteiger partial charge in [-0.2, -0.15) is 0 Å². The van der Waals surface area contributed by atoms with Gasteiger partial charge in [0.25, 0.3) is 5.56 Å². The first-order valence-corrected chi connectivity index (χ1v) is 9.34. The molecule has 0 spiro atoms. The Bertz CT molecular complexity index is 1310. The number of benzene rings is 3. The molecule has 1 aromatic heterocycles. The van der Waals surface area contributed by atoms with E-state index in [1.807, 2.05) is 30.3 Å². The first kappa shape index (κ1) is 18.7. The molecule has 4 nitrogen and oxygen atoms in total. The van der Waals surface area contributed by atoms with E-state index < -0.39 is 11.3 Å². The number of ketones is 1. The quantitative estimate of drug-likeness (QED) is 0.353. The fourth-order valence-corrected chi connectivity index (χ4v) is 3.45. The molecule has 0 bridgehead atoms. The van der Waals surface area contributed by atoms with Gasteiger partial charge in [-0.3, -0.25) is 9.59 Å². The molecule has 0 radical (unpaired) electrons. The summed E-state index contributed by atoms with van der Waals surface area (Å²) in [6, 6.07) is 21.1. The SMILES string of the molecule is O=C(/C=C/c1ccccc1O)c1c(-c2ccccc2)c2cc(Cl)ccc2[nH]c1=O. The molecule has 5 heteroatoms. The van der Waals surface area contributed by atoms with E-state index in [9.17, 15) is 14.7 Å². The van der Waals surface area contributed by atoms with Crippen molar-refractivity contribution in [2.45, 2.75) is 0 Å². The first-order valence-electron chi connectivity index (χ1n) is 8.96. The van der Waals surface area contributed by atoms with E-state index in [0.29, 0.717) is 27.1 Å². The van der Waals surface area contributed by atoms with Crippen LogP contribution in [0.4, 0.5) is 0 Å². The zero-order valence-electron chi connectivity index (χ0n) is 15.2. The normalized spacial score (nSPS) is 11.2. The minimum Gasteiger partial charge on any atom is -0.507 e. The van der Waals surface area contributed by atoms with Crippen LogP contribution in [0.2, 0.25) is 5.02 Å². The number of para-hydroxylation sites is 1. The molecule has 0 atom stereocenters. The van der Waals surface area contributed by atoms with Crippen LogP contribution in [0.1, 0.15) is 15.9 Å². The highest BCUT2D eigenvalue weighted by molar-refractivity contribution is 6.31. The first-order chi connectivity index (χ1) is 14.0. The third kappa shape index (κ3) is 3.71. The lowest BCUT2D eigenvalue weighted by atomic mass is 9.94. The topological polar surface area (TPSA) is 70.2 Å². The van der Waals surface area contributed by atoms with E-state index >= 15 is 0 Å². The monoisotopic (exact) mass is 401 g/mol. The lowest BCUT2D eigenvalue weighted by Gasteiger charge is -2.11. The molecule has 0 unspecified atom stereocenters. The maximum Gasteiger partial charge on any atom is 0.260 e. The Morgan fingerprint density at radius 3 is 2.45 bits per heavy atom. The van der Waals surface area contributed by atoms with Crippen molar-refractivity contribution in [3.8, 4) is 16.9 Å². The van der Waals surface area contributed by atoms with Crippen LogP contribution in [0.25, 0.3) is 28.1 Å². The maximum absolute atomic E-state index is 13.1. The average molecular weight is 402 g/mol. The van der Waals surface area contributed by atoms with Crippen LogP contribution in [0.5, 0.6) is 5.75 Å². The molecule has 0 aliphatic heterocycles. The van der Waals surface area contributed by atoms with E-state index in [4.69, 9.17) is 11.6 Å².